The van der Waals surface area contributed by atoms with Gasteiger partial charge in [-0.15, -0.1) is 15.2 Å². The standard InChI is InChI=1S/C19H18N6O5/c1-11(22-23-19(20)24-27)12-5-7-15(8-6-12)21-18(26)14-9-13-3-2-4-17(16(13)10-14)30-25(28)29/h2-9,27H,10H2,1H3,(H,21,26)(H3,20,23,24)/b22-11+. The molecule has 1 aliphatic carbocycles. The maximum Gasteiger partial charge on any atom is 0.299 e. The number of anilines is 1. The van der Waals surface area contributed by atoms with Crippen molar-refractivity contribution in [1.82, 2.24) is 5.48 Å². The van der Waals surface area contributed by atoms with Crippen LogP contribution in [0.5, 0.6) is 5.75 Å². The minimum absolute atomic E-state index is 0.121. The number of rotatable bonds is 6. The van der Waals surface area contributed by atoms with Gasteiger partial charge in [0.1, 0.15) is 5.75 Å². The molecule has 30 heavy (non-hydrogen) atoms. The van der Waals surface area contributed by atoms with Crippen molar-refractivity contribution in [2.45, 2.75) is 13.3 Å². The van der Waals surface area contributed by atoms with Crippen LogP contribution >= 0.6 is 0 Å². The Morgan fingerprint density at radius 1 is 1.23 bits per heavy atom. The smallest absolute Gasteiger partial charge is 0.299 e. The largest absolute Gasteiger partial charge is 0.367 e. The van der Waals surface area contributed by atoms with Gasteiger partial charge in [0.25, 0.3) is 11.0 Å². The number of guanidine groups is 1. The summed E-state index contributed by atoms with van der Waals surface area (Å²) in [6, 6.07) is 11.8. The van der Waals surface area contributed by atoms with E-state index in [0.29, 0.717) is 28.1 Å². The van der Waals surface area contributed by atoms with Crippen molar-refractivity contribution in [2.75, 3.05) is 5.32 Å². The van der Waals surface area contributed by atoms with E-state index in [-0.39, 0.29) is 24.0 Å². The average Bonchev–Trinajstić information content (AvgIpc) is 3.17. The van der Waals surface area contributed by atoms with Gasteiger partial charge in [0.2, 0.25) is 5.96 Å². The van der Waals surface area contributed by atoms with E-state index >= 15 is 0 Å². The molecule has 3 rings (SSSR count). The summed E-state index contributed by atoms with van der Waals surface area (Å²) < 4.78 is 0. The summed E-state index contributed by atoms with van der Waals surface area (Å²) in [4.78, 5) is 27.8. The molecule has 0 saturated heterocycles. The maximum absolute atomic E-state index is 12.6. The Bertz CT molecular complexity index is 1080. The Morgan fingerprint density at radius 2 is 1.97 bits per heavy atom. The molecular weight excluding hydrogens is 392 g/mol. The van der Waals surface area contributed by atoms with Crippen LogP contribution in [0.2, 0.25) is 0 Å². The van der Waals surface area contributed by atoms with Crippen molar-refractivity contribution >= 4 is 29.3 Å². The van der Waals surface area contributed by atoms with E-state index < -0.39 is 5.09 Å². The van der Waals surface area contributed by atoms with Gasteiger partial charge in [-0.1, -0.05) is 24.3 Å². The molecule has 11 nitrogen and oxygen atoms in total. The molecule has 0 aliphatic heterocycles. The summed E-state index contributed by atoms with van der Waals surface area (Å²) in [6.07, 6.45) is 1.91. The van der Waals surface area contributed by atoms with E-state index in [4.69, 9.17) is 10.9 Å². The van der Waals surface area contributed by atoms with E-state index in [2.05, 4.69) is 20.4 Å². The van der Waals surface area contributed by atoms with Crippen LogP contribution in [0.1, 0.15) is 23.6 Å². The third-order valence-corrected chi connectivity index (χ3v) is 4.31. The lowest BCUT2D eigenvalue weighted by molar-refractivity contribution is -0.711. The Labute approximate surface area is 170 Å². The van der Waals surface area contributed by atoms with E-state index in [9.17, 15) is 14.9 Å². The van der Waals surface area contributed by atoms with Gasteiger partial charge in [0.05, 0.1) is 5.71 Å². The SMILES string of the molecule is C/C(=N\N=C(N)NO)c1ccc(NC(=O)C2=Cc3cccc(O[N+](=O)[O-])c3C2)cc1. The third kappa shape index (κ3) is 4.77. The van der Waals surface area contributed by atoms with Crippen molar-refractivity contribution in [3.05, 3.63) is 74.8 Å². The molecule has 0 unspecified atom stereocenters. The highest BCUT2D eigenvalue weighted by molar-refractivity contribution is 6.08. The minimum atomic E-state index is -0.875. The van der Waals surface area contributed by atoms with Gasteiger partial charge in [0.15, 0.2) is 0 Å². The molecule has 0 saturated carbocycles. The van der Waals surface area contributed by atoms with Gasteiger partial charge in [-0.25, -0.2) is 5.48 Å². The summed E-state index contributed by atoms with van der Waals surface area (Å²) in [5, 5.41) is 28.6. The topological polar surface area (TPSA) is 164 Å². The molecule has 0 aromatic heterocycles. The number of nitrogens with zero attached hydrogens (tertiary/aromatic N) is 3. The highest BCUT2D eigenvalue weighted by atomic mass is 17.0. The molecule has 1 aliphatic rings. The number of nitrogens with two attached hydrogens (primary N) is 1. The van der Waals surface area contributed by atoms with Crippen molar-refractivity contribution in [2.24, 2.45) is 15.9 Å². The molecule has 5 N–H and O–H groups in total. The van der Waals surface area contributed by atoms with Gasteiger partial charge in [-0.3, -0.25) is 14.8 Å². The lowest BCUT2D eigenvalue weighted by Gasteiger charge is -2.08. The third-order valence-electron chi connectivity index (χ3n) is 4.31. The number of nitrogens with one attached hydrogen (secondary N) is 2. The number of hydroxylamine groups is 1. The molecule has 0 fully saturated rings. The normalized spacial score (nSPS) is 13.3. The lowest BCUT2D eigenvalue weighted by atomic mass is 10.1. The molecule has 2 aromatic rings. The fraction of sp³-hybridized carbons (Fsp3) is 0.105. The zero-order valence-electron chi connectivity index (χ0n) is 15.8. The van der Waals surface area contributed by atoms with Gasteiger partial charge < -0.3 is 11.1 Å². The number of amides is 1. The van der Waals surface area contributed by atoms with E-state index in [1.807, 2.05) is 0 Å². The van der Waals surface area contributed by atoms with Crippen LogP contribution in [0, 0.1) is 10.1 Å². The highest BCUT2D eigenvalue weighted by Crippen LogP contribution is 2.33. The average molecular weight is 410 g/mol. The lowest BCUT2D eigenvalue weighted by Crippen LogP contribution is -2.27. The quantitative estimate of drug-likeness (QED) is 0.244. The summed E-state index contributed by atoms with van der Waals surface area (Å²) in [7, 11) is 0. The zero-order valence-corrected chi connectivity index (χ0v) is 15.8. The summed E-state index contributed by atoms with van der Waals surface area (Å²) in [5.74, 6) is -0.436. The highest BCUT2D eigenvalue weighted by Gasteiger charge is 2.22. The fourth-order valence-electron chi connectivity index (χ4n) is 2.86. The molecule has 154 valence electrons. The number of benzene rings is 2. The number of carbonyl (C=O) groups excluding carboxylic acids is 1. The van der Waals surface area contributed by atoms with Crippen molar-refractivity contribution in [3.63, 3.8) is 0 Å². The zero-order chi connectivity index (χ0) is 21.7. The first-order valence-corrected chi connectivity index (χ1v) is 8.72. The Balaban J connectivity index is 1.68. The number of carbonyl (C=O) groups is 1. The van der Waals surface area contributed by atoms with Crippen molar-refractivity contribution in [1.29, 1.82) is 0 Å². The monoisotopic (exact) mass is 410 g/mol. The first-order chi connectivity index (χ1) is 14.4. The second-order valence-electron chi connectivity index (χ2n) is 6.30. The minimum Gasteiger partial charge on any atom is -0.367 e. The second-order valence-corrected chi connectivity index (χ2v) is 6.30. The van der Waals surface area contributed by atoms with E-state index in [1.54, 1.807) is 54.9 Å². The molecular formula is C19H18N6O5. The van der Waals surface area contributed by atoms with Gasteiger partial charge >= 0.3 is 0 Å². The number of hydrogen-bond donors (Lipinski definition) is 4. The van der Waals surface area contributed by atoms with Gasteiger partial charge in [-0.2, -0.15) is 5.10 Å². The second kappa shape index (κ2) is 8.84. The van der Waals surface area contributed by atoms with Crippen LogP contribution in [-0.2, 0) is 11.2 Å². The van der Waals surface area contributed by atoms with Crippen LogP contribution in [0.4, 0.5) is 5.69 Å². The molecule has 0 radical (unpaired) electrons. The van der Waals surface area contributed by atoms with Crippen LogP contribution in [0.25, 0.3) is 6.08 Å². The maximum atomic E-state index is 12.6. The predicted molar refractivity (Wildman–Crippen MR) is 110 cm³/mol. The molecule has 2 aromatic carbocycles. The van der Waals surface area contributed by atoms with Gasteiger partial charge in [-0.05, 0) is 47.9 Å². The first kappa shape index (κ1) is 20.5. The summed E-state index contributed by atoms with van der Waals surface area (Å²) in [6.45, 7) is 1.72. The number of hydrogen-bond acceptors (Lipinski definition) is 7. The molecule has 1 amide bonds. The van der Waals surface area contributed by atoms with Crippen molar-refractivity contribution < 1.29 is 19.9 Å². The molecule has 0 spiro atoms. The van der Waals surface area contributed by atoms with Crippen molar-refractivity contribution in [3.8, 4) is 5.75 Å². The van der Waals surface area contributed by atoms with E-state index in [1.165, 1.54) is 6.07 Å². The molecule has 0 atom stereocenters. The Kier molecular flexibility index (Phi) is 6.03. The first-order valence-electron chi connectivity index (χ1n) is 8.72. The summed E-state index contributed by atoms with van der Waals surface area (Å²) in [5.41, 5.74) is 10.6. The van der Waals surface area contributed by atoms with Crippen LogP contribution in [0.3, 0.4) is 0 Å². The van der Waals surface area contributed by atoms with E-state index in [0.717, 1.165) is 5.56 Å². The van der Waals surface area contributed by atoms with Crippen LogP contribution < -0.4 is 21.4 Å². The summed E-state index contributed by atoms with van der Waals surface area (Å²) >= 11 is 0. The molecule has 11 heteroatoms. The Morgan fingerprint density at radius 3 is 2.63 bits per heavy atom. The molecule has 0 bridgehead atoms. The van der Waals surface area contributed by atoms with Crippen LogP contribution in [-0.4, -0.2) is 27.9 Å². The Hall–Kier alpha value is -4.25. The van der Waals surface area contributed by atoms with Gasteiger partial charge in [0, 0.05) is 17.7 Å². The predicted octanol–water partition coefficient (Wildman–Crippen LogP) is 1.85. The fourth-order valence-corrected chi connectivity index (χ4v) is 2.86. The molecule has 0 heterocycles. The van der Waals surface area contributed by atoms with Crippen LogP contribution in [0.15, 0.2) is 58.2 Å². The number of fused-ring (bicyclic) bond motifs is 1.